The molecule has 0 bridgehead atoms. The molecule has 10 heavy (non-hydrogen) atoms. The van der Waals surface area contributed by atoms with Gasteiger partial charge in [-0.3, -0.25) is 0 Å². The Hall–Kier alpha value is -0.990. The molecule has 1 heterocycles. The summed E-state index contributed by atoms with van der Waals surface area (Å²) < 4.78 is 9.46. The molecule has 54 valence electrons. The van der Waals surface area contributed by atoms with E-state index in [0.717, 1.165) is 12.8 Å². The Bertz CT molecular complexity index is 193. The third-order valence-corrected chi connectivity index (χ3v) is 1.81. The molecule has 3 nitrogen and oxygen atoms in total. The molecule has 1 atom stereocenters. The first-order valence-corrected chi connectivity index (χ1v) is 3.34. The van der Waals surface area contributed by atoms with Gasteiger partial charge in [0, 0.05) is 5.92 Å². The molecule has 0 spiro atoms. The Morgan fingerprint density at radius 1 is 1.50 bits per heavy atom. The lowest BCUT2D eigenvalue weighted by Gasteiger charge is -2.01. The van der Waals surface area contributed by atoms with E-state index in [0.29, 0.717) is 11.7 Å². The molecule has 0 amide bonds. The van der Waals surface area contributed by atoms with Crippen molar-refractivity contribution < 1.29 is 14.3 Å². The van der Waals surface area contributed by atoms with E-state index >= 15 is 0 Å². The van der Waals surface area contributed by atoms with Gasteiger partial charge in [-0.2, -0.15) is 0 Å². The number of hydrogen-bond acceptors (Lipinski definition) is 3. The van der Waals surface area contributed by atoms with Gasteiger partial charge in [0.25, 0.3) is 0 Å². The van der Waals surface area contributed by atoms with Crippen molar-refractivity contribution in [2.24, 2.45) is 5.92 Å². The normalized spacial score (nSPS) is 31.8. The highest BCUT2D eigenvalue weighted by Gasteiger charge is 2.42. The summed E-state index contributed by atoms with van der Waals surface area (Å²) in [4.78, 5) is 10.5. The van der Waals surface area contributed by atoms with E-state index in [9.17, 15) is 4.79 Å². The van der Waals surface area contributed by atoms with Gasteiger partial charge < -0.3 is 9.47 Å². The van der Waals surface area contributed by atoms with Gasteiger partial charge in [-0.1, -0.05) is 6.58 Å². The first kappa shape index (κ1) is 5.77. The van der Waals surface area contributed by atoms with E-state index in [2.05, 4.69) is 11.3 Å². The average Bonchev–Trinajstić information content (AvgIpc) is 2.61. The van der Waals surface area contributed by atoms with Gasteiger partial charge in [0.2, 0.25) is 0 Å². The summed E-state index contributed by atoms with van der Waals surface area (Å²) in [6.45, 7) is 3.58. The van der Waals surface area contributed by atoms with E-state index in [1.54, 1.807) is 0 Å². The van der Waals surface area contributed by atoms with Crippen LogP contribution in [0.4, 0.5) is 4.79 Å². The van der Waals surface area contributed by atoms with Gasteiger partial charge >= 0.3 is 6.16 Å². The molecule has 0 N–H and O–H groups in total. The van der Waals surface area contributed by atoms with Crippen LogP contribution >= 0.6 is 0 Å². The van der Waals surface area contributed by atoms with Crippen LogP contribution in [0.5, 0.6) is 0 Å². The summed E-state index contributed by atoms with van der Waals surface area (Å²) in [7, 11) is 0. The molecule has 3 heteroatoms. The first-order chi connectivity index (χ1) is 4.77. The van der Waals surface area contributed by atoms with Gasteiger partial charge in [-0.15, -0.1) is 0 Å². The third kappa shape index (κ3) is 0.781. The highest BCUT2D eigenvalue weighted by atomic mass is 16.8. The van der Waals surface area contributed by atoms with Crippen molar-refractivity contribution >= 4 is 6.16 Å². The smallest absolute Gasteiger partial charge is 0.422 e. The monoisotopic (exact) mass is 140 g/mol. The highest BCUT2D eigenvalue weighted by molar-refractivity contribution is 5.65. The lowest BCUT2D eigenvalue weighted by Crippen LogP contribution is -2.09. The molecule has 1 aliphatic heterocycles. The van der Waals surface area contributed by atoms with Crippen LogP contribution in [0.25, 0.3) is 0 Å². The molecule has 2 rings (SSSR count). The number of carbonyl (C=O) groups excluding carboxylic acids is 1. The van der Waals surface area contributed by atoms with Crippen molar-refractivity contribution in [1.29, 1.82) is 0 Å². The number of carbonyl (C=O) groups is 1. The van der Waals surface area contributed by atoms with E-state index in [-0.39, 0.29) is 6.10 Å². The van der Waals surface area contributed by atoms with Gasteiger partial charge in [0.1, 0.15) is 5.76 Å². The first-order valence-electron chi connectivity index (χ1n) is 3.34. The Kier molecular flexibility index (Phi) is 1.01. The molecule has 2 aliphatic rings. The SMILES string of the molecule is C=C1OC(=O)OC1C1CC1. The lowest BCUT2D eigenvalue weighted by atomic mass is 10.2. The summed E-state index contributed by atoms with van der Waals surface area (Å²) in [6.07, 6.45) is 1.51. The fourth-order valence-corrected chi connectivity index (χ4v) is 1.12. The molecule has 0 aromatic heterocycles. The maximum atomic E-state index is 10.5. The van der Waals surface area contributed by atoms with Gasteiger partial charge in [-0.05, 0) is 12.8 Å². The van der Waals surface area contributed by atoms with Crippen LogP contribution in [0.1, 0.15) is 12.8 Å². The molecule has 1 aliphatic carbocycles. The second-order valence-corrected chi connectivity index (χ2v) is 2.69. The summed E-state index contributed by atoms with van der Waals surface area (Å²) in [5.41, 5.74) is 0. The predicted octanol–water partition coefficient (Wildman–Crippen LogP) is 1.45. The molecule has 2 fully saturated rings. The Morgan fingerprint density at radius 3 is 2.60 bits per heavy atom. The van der Waals surface area contributed by atoms with Crippen LogP contribution in [0.2, 0.25) is 0 Å². The zero-order valence-corrected chi connectivity index (χ0v) is 5.50. The van der Waals surface area contributed by atoms with E-state index in [1.165, 1.54) is 0 Å². The average molecular weight is 140 g/mol. The minimum absolute atomic E-state index is 0.146. The van der Waals surface area contributed by atoms with E-state index in [1.807, 2.05) is 0 Å². The number of ether oxygens (including phenoxy) is 2. The molecule has 1 saturated heterocycles. The zero-order valence-electron chi connectivity index (χ0n) is 5.50. The van der Waals surface area contributed by atoms with Crippen molar-refractivity contribution in [3.63, 3.8) is 0 Å². The fourth-order valence-electron chi connectivity index (χ4n) is 1.12. The Balaban J connectivity index is 2.08. The quantitative estimate of drug-likeness (QED) is 0.517. The van der Waals surface area contributed by atoms with Gasteiger partial charge in [0.15, 0.2) is 6.10 Å². The number of cyclic esters (lactones) is 2. The van der Waals surface area contributed by atoms with Crippen molar-refractivity contribution in [1.82, 2.24) is 0 Å². The number of hydrogen-bond donors (Lipinski definition) is 0. The standard InChI is InChI=1S/C7H8O3/c1-4-6(5-2-3-5)10-7(8)9-4/h5-6H,1-3H2. The van der Waals surface area contributed by atoms with Crippen LogP contribution in [0.3, 0.4) is 0 Å². The molecule has 1 saturated carbocycles. The maximum absolute atomic E-state index is 10.5. The van der Waals surface area contributed by atoms with Crippen molar-refractivity contribution in [3.05, 3.63) is 12.3 Å². The minimum atomic E-state index is -0.595. The minimum Gasteiger partial charge on any atom is -0.422 e. The zero-order chi connectivity index (χ0) is 7.14. The summed E-state index contributed by atoms with van der Waals surface area (Å²) in [5, 5.41) is 0. The molecule has 0 radical (unpaired) electrons. The summed E-state index contributed by atoms with van der Waals surface area (Å²) in [5.74, 6) is 0.964. The fraction of sp³-hybridized carbons (Fsp3) is 0.571. The highest BCUT2D eigenvalue weighted by Crippen LogP contribution is 2.39. The second kappa shape index (κ2) is 1.75. The van der Waals surface area contributed by atoms with Crippen molar-refractivity contribution in [2.45, 2.75) is 18.9 Å². The van der Waals surface area contributed by atoms with Gasteiger partial charge in [-0.25, -0.2) is 4.79 Å². The molecule has 0 aromatic rings. The largest absolute Gasteiger partial charge is 0.514 e. The maximum Gasteiger partial charge on any atom is 0.514 e. The van der Waals surface area contributed by atoms with Crippen LogP contribution in [0.15, 0.2) is 12.3 Å². The topological polar surface area (TPSA) is 35.5 Å². The van der Waals surface area contributed by atoms with Crippen LogP contribution in [0, 0.1) is 5.92 Å². The predicted molar refractivity (Wildman–Crippen MR) is 33.2 cm³/mol. The molecule has 1 unspecified atom stereocenters. The second-order valence-electron chi connectivity index (χ2n) is 2.69. The van der Waals surface area contributed by atoms with E-state index in [4.69, 9.17) is 4.74 Å². The van der Waals surface area contributed by atoms with Crippen LogP contribution in [-0.2, 0) is 9.47 Å². The van der Waals surface area contributed by atoms with Crippen molar-refractivity contribution in [3.8, 4) is 0 Å². The Morgan fingerprint density at radius 2 is 2.20 bits per heavy atom. The van der Waals surface area contributed by atoms with Crippen molar-refractivity contribution in [2.75, 3.05) is 0 Å². The molecular weight excluding hydrogens is 132 g/mol. The lowest BCUT2D eigenvalue weighted by molar-refractivity contribution is 0.113. The Labute approximate surface area is 58.6 Å². The van der Waals surface area contributed by atoms with Crippen LogP contribution < -0.4 is 0 Å². The molecule has 0 aromatic carbocycles. The van der Waals surface area contributed by atoms with Gasteiger partial charge in [0.05, 0.1) is 0 Å². The summed E-state index contributed by atoms with van der Waals surface area (Å²) >= 11 is 0. The van der Waals surface area contributed by atoms with E-state index < -0.39 is 6.16 Å². The third-order valence-electron chi connectivity index (χ3n) is 1.81. The molecular formula is C7H8O3. The summed E-state index contributed by atoms with van der Waals surface area (Å²) in [6, 6.07) is 0. The number of rotatable bonds is 1. The van der Waals surface area contributed by atoms with Crippen LogP contribution in [-0.4, -0.2) is 12.3 Å².